The van der Waals surface area contributed by atoms with Gasteiger partial charge in [0.15, 0.2) is 5.75 Å². The Bertz CT molecular complexity index is 629. The van der Waals surface area contributed by atoms with E-state index in [1.807, 2.05) is 18.2 Å². The van der Waals surface area contributed by atoms with E-state index in [9.17, 15) is 0 Å². The molecule has 2 rings (SSSR count). The average Bonchev–Trinajstić information content (AvgIpc) is 2.38. The van der Waals surface area contributed by atoms with Gasteiger partial charge in [-0.05, 0) is 34.1 Å². The van der Waals surface area contributed by atoms with Crippen LogP contribution in [0.1, 0.15) is 11.1 Å². The minimum absolute atomic E-state index is 0.268. The van der Waals surface area contributed by atoms with Gasteiger partial charge in [0.05, 0.1) is 21.1 Å². The summed E-state index contributed by atoms with van der Waals surface area (Å²) in [5, 5.41) is 9.96. The Kier molecular flexibility index (Phi) is 4.71. The van der Waals surface area contributed by atoms with Gasteiger partial charge in [-0.25, -0.2) is 0 Å². The molecule has 0 N–H and O–H groups in total. The number of nitriles is 1. The molecule has 0 bridgehead atoms. The number of nitrogens with zero attached hydrogens (tertiary/aromatic N) is 1. The van der Waals surface area contributed by atoms with E-state index >= 15 is 0 Å². The molecule has 0 aliphatic heterocycles. The molecule has 96 valence electrons. The van der Waals surface area contributed by atoms with E-state index < -0.39 is 0 Å². The smallest absolute Gasteiger partial charge is 0.152 e. The zero-order chi connectivity index (χ0) is 13.8. The predicted molar refractivity (Wildman–Crippen MR) is 79.7 cm³/mol. The van der Waals surface area contributed by atoms with Gasteiger partial charge in [0.2, 0.25) is 0 Å². The molecule has 0 unspecified atom stereocenters. The molecule has 0 amide bonds. The Hall–Kier alpha value is -1.21. The molecular weight excluding hydrogens is 349 g/mol. The quantitative estimate of drug-likeness (QED) is 0.756. The summed E-state index contributed by atoms with van der Waals surface area (Å²) in [5.74, 6) is 0.513. The Balaban J connectivity index is 2.22. The molecule has 0 saturated heterocycles. The van der Waals surface area contributed by atoms with Gasteiger partial charge in [0.1, 0.15) is 6.61 Å². The zero-order valence-corrected chi connectivity index (χ0v) is 12.8. The third-order valence-electron chi connectivity index (χ3n) is 2.47. The lowest BCUT2D eigenvalue weighted by Crippen LogP contribution is -1.99. The third kappa shape index (κ3) is 3.42. The van der Waals surface area contributed by atoms with Crippen LogP contribution in [0.2, 0.25) is 10.0 Å². The Morgan fingerprint density at radius 3 is 2.63 bits per heavy atom. The van der Waals surface area contributed by atoms with E-state index in [4.69, 9.17) is 33.2 Å². The van der Waals surface area contributed by atoms with Crippen molar-refractivity contribution in [2.45, 2.75) is 6.61 Å². The molecule has 0 atom stereocenters. The Morgan fingerprint density at radius 1 is 1.21 bits per heavy atom. The maximum atomic E-state index is 9.00. The van der Waals surface area contributed by atoms with Gasteiger partial charge < -0.3 is 4.74 Å². The molecule has 0 saturated carbocycles. The lowest BCUT2D eigenvalue weighted by molar-refractivity contribution is 0.304. The van der Waals surface area contributed by atoms with Crippen LogP contribution >= 0.6 is 39.1 Å². The minimum Gasteiger partial charge on any atom is -0.486 e. The van der Waals surface area contributed by atoms with Crippen LogP contribution < -0.4 is 4.74 Å². The summed E-state index contributed by atoms with van der Waals surface area (Å²) < 4.78 is 6.34. The molecule has 2 aromatic carbocycles. The van der Waals surface area contributed by atoms with E-state index in [1.54, 1.807) is 18.2 Å². The van der Waals surface area contributed by atoms with Gasteiger partial charge >= 0.3 is 0 Å². The highest BCUT2D eigenvalue weighted by Crippen LogP contribution is 2.36. The van der Waals surface area contributed by atoms with E-state index in [1.165, 1.54) is 0 Å². The van der Waals surface area contributed by atoms with Crippen LogP contribution in [0.15, 0.2) is 40.9 Å². The standard InChI is InChI=1S/C14H8BrCl2NO/c15-12-5-11(16)6-13(17)14(12)19-8-10-4-2-1-3-9(10)7-18/h1-6H,8H2. The number of hydrogen-bond acceptors (Lipinski definition) is 2. The zero-order valence-electron chi connectivity index (χ0n) is 9.66. The monoisotopic (exact) mass is 355 g/mol. The molecule has 0 radical (unpaired) electrons. The fourth-order valence-electron chi connectivity index (χ4n) is 1.57. The molecule has 2 nitrogen and oxygen atoms in total. The molecule has 0 fully saturated rings. The van der Waals surface area contributed by atoms with Crippen molar-refractivity contribution in [3.63, 3.8) is 0 Å². The van der Waals surface area contributed by atoms with Crippen molar-refractivity contribution in [3.8, 4) is 11.8 Å². The molecule has 0 heterocycles. The third-order valence-corrected chi connectivity index (χ3v) is 3.56. The van der Waals surface area contributed by atoms with Crippen molar-refractivity contribution in [2.75, 3.05) is 0 Å². The second kappa shape index (κ2) is 6.29. The summed E-state index contributed by atoms with van der Waals surface area (Å²) >= 11 is 15.3. The maximum absolute atomic E-state index is 9.00. The average molecular weight is 357 g/mol. The Morgan fingerprint density at radius 2 is 1.95 bits per heavy atom. The number of rotatable bonds is 3. The lowest BCUT2D eigenvalue weighted by atomic mass is 10.1. The van der Waals surface area contributed by atoms with Gasteiger partial charge in [0.25, 0.3) is 0 Å². The summed E-state index contributed by atoms with van der Waals surface area (Å²) in [7, 11) is 0. The van der Waals surface area contributed by atoms with Gasteiger partial charge in [-0.1, -0.05) is 41.4 Å². The molecule has 0 aromatic heterocycles. The van der Waals surface area contributed by atoms with E-state index in [2.05, 4.69) is 22.0 Å². The van der Waals surface area contributed by atoms with Crippen LogP contribution in [-0.2, 0) is 6.61 Å². The topological polar surface area (TPSA) is 33.0 Å². The number of benzene rings is 2. The highest BCUT2D eigenvalue weighted by atomic mass is 79.9. The normalized spacial score (nSPS) is 10.0. The van der Waals surface area contributed by atoms with Crippen LogP contribution in [0.25, 0.3) is 0 Å². The van der Waals surface area contributed by atoms with Gasteiger partial charge in [-0.15, -0.1) is 0 Å². The van der Waals surface area contributed by atoms with Gasteiger partial charge in [-0.2, -0.15) is 5.26 Å². The van der Waals surface area contributed by atoms with Crippen molar-refractivity contribution in [1.29, 1.82) is 5.26 Å². The van der Waals surface area contributed by atoms with Crippen LogP contribution in [-0.4, -0.2) is 0 Å². The Labute approximate surface area is 129 Å². The molecular formula is C14H8BrCl2NO. The van der Waals surface area contributed by atoms with Gasteiger partial charge in [0, 0.05) is 10.6 Å². The number of hydrogen-bond donors (Lipinski definition) is 0. The van der Waals surface area contributed by atoms with E-state index in [0.29, 0.717) is 25.8 Å². The van der Waals surface area contributed by atoms with Gasteiger partial charge in [-0.3, -0.25) is 0 Å². The second-order valence-corrected chi connectivity index (χ2v) is 5.45. The van der Waals surface area contributed by atoms with Crippen molar-refractivity contribution in [1.82, 2.24) is 0 Å². The predicted octanol–water partition coefficient (Wildman–Crippen LogP) is 5.21. The molecule has 5 heteroatoms. The lowest BCUT2D eigenvalue weighted by Gasteiger charge is -2.11. The summed E-state index contributed by atoms with van der Waals surface area (Å²) in [6.07, 6.45) is 0. The summed E-state index contributed by atoms with van der Waals surface area (Å²) in [6.45, 7) is 0.268. The number of ether oxygens (including phenoxy) is 1. The fourth-order valence-corrected chi connectivity index (χ4v) is 2.94. The van der Waals surface area contributed by atoms with Crippen LogP contribution in [0.5, 0.6) is 5.75 Å². The van der Waals surface area contributed by atoms with E-state index in [-0.39, 0.29) is 6.61 Å². The molecule has 0 aliphatic rings. The second-order valence-electron chi connectivity index (χ2n) is 3.76. The first-order valence-corrected chi connectivity index (χ1v) is 6.92. The van der Waals surface area contributed by atoms with Crippen molar-refractivity contribution in [2.24, 2.45) is 0 Å². The first-order chi connectivity index (χ1) is 9.11. The van der Waals surface area contributed by atoms with Crippen molar-refractivity contribution < 1.29 is 4.74 Å². The van der Waals surface area contributed by atoms with Crippen LogP contribution in [0, 0.1) is 11.3 Å². The first kappa shape index (κ1) is 14.2. The summed E-state index contributed by atoms with van der Waals surface area (Å²) in [5.41, 5.74) is 1.40. The van der Waals surface area contributed by atoms with Crippen molar-refractivity contribution in [3.05, 3.63) is 62.0 Å². The summed E-state index contributed by atoms with van der Waals surface area (Å²) in [4.78, 5) is 0. The maximum Gasteiger partial charge on any atom is 0.152 e. The first-order valence-electron chi connectivity index (χ1n) is 5.37. The highest BCUT2D eigenvalue weighted by Gasteiger charge is 2.10. The van der Waals surface area contributed by atoms with Crippen LogP contribution in [0.3, 0.4) is 0 Å². The molecule has 0 aliphatic carbocycles. The molecule has 19 heavy (non-hydrogen) atoms. The highest BCUT2D eigenvalue weighted by molar-refractivity contribution is 9.10. The van der Waals surface area contributed by atoms with Crippen LogP contribution in [0.4, 0.5) is 0 Å². The largest absolute Gasteiger partial charge is 0.486 e. The SMILES string of the molecule is N#Cc1ccccc1COc1c(Cl)cc(Cl)cc1Br. The van der Waals surface area contributed by atoms with Crippen molar-refractivity contribution >= 4 is 39.1 Å². The molecule has 0 spiro atoms. The number of halogens is 3. The minimum atomic E-state index is 0.268. The molecule has 2 aromatic rings. The fraction of sp³-hybridized carbons (Fsp3) is 0.0714. The van der Waals surface area contributed by atoms with E-state index in [0.717, 1.165) is 5.56 Å². The summed E-state index contributed by atoms with van der Waals surface area (Å²) in [6, 6.07) is 12.7.